The van der Waals surface area contributed by atoms with E-state index in [4.69, 9.17) is 9.47 Å². The lowest BCUT2D eigenvalue weighted by molar-refractivity contribution is -0.200. The predicted octanol–water partition coefficient (Wildman–Crippen LogP) is 2.52. The highest BCUT2D eigenvalue weighted by Gasteiger charge is 2.32. The molecule has 0 aromatic rings. The largest absolute Gasteiger partial charge is 0.411 e. The van der Waals surface area contributed by atoms with Crippen molar-refractivity contribution in [2.45, 2.75) is 44.1 Å². The van der Waals surface area contributed by atoms with Crippen LogP contribution in [0.3, 0.4) is 0 Å². The Morgan fingerprint density at radius 2 is 1.71 bits per heavy atom. The first-order chi connectivity index (χ1) is 6.53. The maximum Gasteiger partial charge on any atom is 0.411 e. The fraction of sp³-hybridized carbons (Fsp3) is 1.00. The Balaban J connectivity index is 2.33. The van der Waals surface area contributed by atoms with Crippen LogP contribution in [0.15, 0.2) is 0 Å². The number of alkyl halides is 3. The van der Waals surface area contributed by atoms with Gasteiger partial charge in [0.05, 0.1) is 12.2 Å². The highest BCUT2D eigenvalue weighted by atomic mass is 19.4. The van der Waals surface area contributed by atoms with E-state index >= 15 is 0 Å². The molecule has 0 bridgehead atoms. The van der Waals surface area contributed by atoms with Crippen LogP contribution in [0.2, 0.25) is 0 Å². The monoisotopic (exact) mass is 212 g/mol. The molecular weight excluding hydrogens is 197 g/mol. The molecule has 0 heterocycles. The van der Waals surface area contributed by atoms with E-state index in [0.29, 0.717) is 6.42 Å². The Kier molecular flexibility index (Phi) is 4.19. The molecule has 2 unspecified atom stereocenters. The fourth-order valence-corrected chi connectivity index (χ4v) is 1.72. The molecule has 1 aliphatic rings. The molecule has 1 aliphatic carbocycles. The van der Waals surface area contributed by atoms with Gasteiger partial charge in [0.15, 0.2) is 0 Å². The molecule has 0 N–H and O–H groups in total. The van der Waals surface area contributed by atoms with Crippen LogP contribution in [-0.2, 0) is 9.47 Å². The van der Waals surface area contributed by atoms with Crippen molar-refractivity contribution in [1.82, 2.24) is 0 Å². The van der Waals surface area contributed by atoms with Crippen molar-refractivity contribution in [2.24, 2.45) is 0 Å². The normalized spacial score (nSPS) is 29.1. The summed E-state index contributed by atoms with van der Waals surface area (Å²) in [5.41, 5.74) is 0. The highest BCUT2D eigenvalue weighted by Crippen LogP contribution is 2.25. The third-order valence-corrected chi connectivity index (χ3v) is 2.41. The zero-order chi connectivity index (χ0) is 10.6. The van der Waals surface area contributed by atoms with Gasteiger partial charge in [-0.25, -0.2) is 0 Å². The second-order valence-corrected chi connectivity index (χ2v) is 3.52. The van der Waals surface area contributed by atoms with Gasteiger partial charge in [0.25, 0.3) is 0 Å². The van der Waals surface area contributed by atoms with Crippen LogP contribution >= 0.6 is 0 Å². The van der Waals surface area contributed by atoms with Gasteiger partial charge in [-0.15, -0.1) is 0 Å². The van der Waals surface area contributed by atoms with E-state index in [0.717, 1.165) is 19.3 Å². The minimum Gasteiger partial charge on any atom is -0.379 e. The molecule has 2 nitrogen and oxygen atoms in total. The first-order valence-corrected chi connectivity index (χ1v) is 4.74. The molecule has 0 aromatic heterocycles. The SMILES string of the molecule is COC1CCCCC1OCC(F)(F)F. The summed E-state index contributed by atoms with van der Waals surface area (Å²) >= 11 is 0. The minimum absolute atomic E-state index is 0.175. The molecule has 0 spiro atoms. The van der Waals surface area contributed by atoms with E-state index in [1.165, 1.54) is 7.11 Å². The van der Waals surface area contributed by atoms with Crippen LogP contribution in [0.4, 0.5) is 13.2 Å². The van der Waals surface area contributed by atoms with Gasteiger partial charge in [-0.1, -0.05) is 12.8 Å². The van der Waals surface area contributed by atoms with Gasteiger partial charge >= 0.3 is 6.18 Å². The minimum atomic E-state index is -4.24. The van der Waals surface area contributed by atoms with E-state index in [2.05, 4.69) is 0 Å². The summed E-state index contributed by atoms with van der Waals surface area (Å²) in [7, 11) is 1.51. The van der Waals surface area contributed by atoms with Crippen molar-refractivity contribution in [3.63, 3.8) is 0 Å². The highest BCUT2D eigenvalue weighted by molar-refractivity contribution is 4.76. The van der Waals surface area contributed by atoms with E-state index in [9.17, 15) is 13.2 Å². The summed E-state index contributed by atoms with van der Waals surface area (Å²) in [6, 6.07) is 0. The third-order valence-electron chi connectivity index (χ3n) is 2.41. The summed E-state index contributed by atoms with van der Waals surface area (Å²) in [5, 5.41) is 0. The van der Waals surface area contributed by atoms with Crippen LogP contribution in [0.1, 0.15) is 25.7 Å². The lowest BCUT2D eigenvalue weighted by Crippen LogP contribution is -2.36. The van der Waals surface area contributed by atoms with Crippen molar-refractivity contribution < 1.29 is 22.6 Å². The lowest BCUT2D eigenvalue weighted by atomic mass is 9.94. The van der Waals surface area contributed by atoms with Gasteiger partial charge in [-0.2, -0.15) is 13.2 Å². The van der Waals surface area contributed by atoms with Crippen LogP contribution in [0.25, 0.3) is 0 Å². The zero-order valence-corrected chi connectivity index (χ0v) is 8.14. The number of methoxy groups -OCH3 is 1. The fourth-order valence-electron chi connectivity index (χ4n) is 1.72. The van der Waals surface area contributed by atoms with Gasteiger partial charge in [-0.05, 0) is 12.8 Å². The molecule has 0 radical (unpaired) electrons. The average Bonchev–Trinajstić information content (AvgIpc) is 2.14. The molecule has 84 valence electrons. The average molecular weight is 212 g/mol. The zero-order valence-electron chi connectivity index (χ0n) is 8.14. The Bertz CT molecular complexity index is 170. The Hall–Kier alpha value is -0.290. The lowest BCUT2D eigenvalue weighted by Gasteiger charge is -2.30. The maximum absolute atomic E-state index is 11.9. The van der Waals surface area contributed by atoms with E-state index < -0.39 is 18.9 Å². The van der Waals surface area contributed by atoms with Gasteiger partial charge in [0.2, 0.25) is 0 Å². The van der Waals surface area contributed by atoms with Crippen LogP contribution in [0, 0.1) is 0 Å². The Morgan fingerprint density at radius 1 is 1.14 bits per heavy atom. The number of halogens is 3. The molecule has 2 atom stereocenters. The molecule has 1 rings (SSSR count). The van der Waals surface area contributed by atoms with Crippen molar-refractivity contribution in [2.75, 3.05) is 13.7 Å². The van der Waals surface area contributed by atoms with Gasteiger partial charge in [-0.3, -0.25) is 0 Å². The molecule has 0 saturated heterocycles. The van der Waals surface area contributed by atoms with E-state index in [1.54, 1.807) is 0 Å². The summed E-state index contributed by atoms with van der Waals surface area (Å²) in [6.45, 7) is -1.17. The number of hydrogen-bond donors (Lipinski definition) is 0. The molecular formula is C9H15F3O2. The van der Waals surface area contributed by atoms with Gasteiger partial charge in [0, 0.05) is 7.11 Å². The van der Waals surface area contributed by atoms with E-state index in [1.807, 2.05) is 0 Å². The summed E-state index contributed by atoms with van der Waals surface area (Å²) in [5.74, 6) is 0. The number of hydrogen-bond acceptors (Lipinski definition) is 2. The molecule has 0 aromatic carbocycles. The van der Waals surface area contributed by atoms with Gasteiger partial charge in [0.1, 0.15) is 6.61 Å². The number of rotatable bonds is 3. The Labute approximate surface area is 81.4 Å². The van der Waals surface area contributed by atoms with Crippen LogP contribution in [-0.4, -0.2) is 32.1 Å². The first kappa shape index (κ1) is 11.8. The predicted molar refractivity (Wildman–Crippen MR) is 45.1 cm³/mol. The number of ether oxygens (including phenoxy) is 2. The maximum atomic E-state index is 11.9. The van der Waals surface area contributed by atoms with Crippen LogP contribution in [0.5, 0.6) is 0 Å². The summed E-state index contributed by atoms with van der Waals surface area (Å²) in [4.78, 5) is 0. The molecule has 5 heteroatoms. The topological polar surface area (TPSA) is 18.5 Å². The van der Waals surface area contributed by atoms with Crippen LogP contribution < -0.4 is 0 Å². The van der Waals surface area contributed by atoms with Crippen molar-refractivity contribution in [1.29, 1.82) is 0 Å². The summed E-state index contributed by atoms with van der Waals surface area (Å²) < 4.78 is 45.5. The quantitative estimate of drug-likeness (QED) is 0.715. The smallest absolute Gasteiger partial charge is 0.379 e. The third kappa shape index (κ3) is 3.84. The molecule has 0 aliphatic heterocycles. The molecule has 1 saturated carbocycles. The second kappa shape index (κ2) is 4.98. The molecule has 1 fully saturated rings. The Morgan fingerprint density at radius 3 is 2.21 bits per heavy atom. The molecule has 0 amide bonds. The van der Waals surface area contributed by atoms with Crippen molar-refractivity contribution in [3.05, 3.63) is 0 Å². The van der Waals surface area contributed by atoms with Crippen molar-refractivity contribution in [3.8, 4) is 0 Å². The van der Waals surface area contributed by atoms with E-state index in [-0.39, 0.29) is 6.10 Å². The van der Waals surface area contributed by atoms with Crippen molar-refractivity contribution >= 4 is 0 Å². The second-order valence-electron chi connectivity index (χ2n) is 3.52. The van der Waals surface area contributed by atoms with Gasteiger partial charge < -0.3 is 9.47 Å². The summed E-state index contributed by atoms with van der Waals surface area (Å²) in [6.07, 6.45) is -1.43. The molecule has 14 heavy (non-hydrogen) atoms. The standard InChI is InChI=1S/C9H15F3O2/c1-13-7-4-2-3-5-8(7)14-6-9(10,11)12/h7-8H,2-6H2,1H3. The first-order valence-electron chi connectivity index (χ1n) is 4.74.